The zero-order valence-electron chi connectivity index (χ0n) is 13.1. The molecule has 1 N–H and O–H groups in total. The lowest BCUT2D eigenvalue weighted by molar-refractivity contribution is -0.128. The van der Waals surface area contributed by atoms with Crippen LogP contribution in [0.5, 0.6) is 0 Å². The average Bonchev–Trinajstić information content (AvgIpc) is 2.58. The fraction of sp³-hybridized carbons (Fsp3) is 0.235. The summed E-state index contributed by atoms with van der Waals surface area (Å²) in [5, 5.41) is 2.39. The van der Waals surface area contributed by atoms with E-state index in [9.17, 15) is 14.0 Å². The molecule has 126 valence electrons. The van der Waals surface area contributed by atoms with Gasteiger partial charge >= 0.3 is 0 Å². The molecular weight excluding hydrogens is 333 g/mol. The Morgan fingerprint density at radius 1 is 1.25 bits per heavy atom. The van der Waals surface area contributed by atoms with Crippen LogP contribution in [0.1, 0.15) is 16.1 Å². The van der Waals surface area contributed by atoms with Crippen LogP contribution in [0.3, 0.4) is 0 Å². The van der Waals surface area contributed by atoms with Gasteiger partial charge in [-0.3, -0.25) is 14.6 Å². The van der Waals surface area contributed by atoms with Gasteiger partial charge in [-0.2, -0.15) is 0 Å². The van der Waals surface area contributed by atoms with Crippen LogP contribution in [0.15, 0.2) is 42.6 Å². The summed E-state index contributed by atoms with van der Waals surface area (Å²) in [6, 6.07) is 9.54. The standard InChI is InChI=1S/C17H17ClFN3O2/c1-22(10-8-12-5-2-3-9-20-12)15(23)11-21-17(24)16-13(18)6-4-7-14(16)19/h2-7,9H,8,10-11H2,1H3,(H,21,24). The Hall–Kier alpha value is -2.47. The van der Waals surface area contributed by atoms with E-state index in [4.69, 9.17) is 11.6 Å². The van der Waals surface area contributed by atoms with Gasteiger partial charge in [0.05, 0.1) is 17.1 Å². The number of aromatic nitrogens is 1. The first-order valence-electron chi connectivity index (χ1n) is 7.35. The predicted octanol–water partition coefficient (Wildman–Crippen LogP) is 2.30. The molecule has 0 bridgehead atoms. The summed E-state index contributed by atoms with van der Waals surface area (Å²) in [5.41, 5.74) is 0.613. The van der Waals surface area contributed by atoms with Gasteiger partial charge in [-0.15, -0.1) is 0 Å². The van der Waals surface area contributed by atoms with Gasteiger partial charge in [0, 0.05) is 31.9 Å². The molecule has 2 rings (SSSR count). The van der Waals surface area contributed by atoms with Gasteiger partial charge < -0.3 is 10.2 Å². The van der Waals surface area contributed by atoms with Crippen LogP contribution in [0, 0.1) is 5.82 Å². The van der Waals surface area contributed by atoms with Crippen LogP contribution in [-0.2, 0) is 11.2 Å². The summed E-state index contributed by atoms with van der Waals surface area (Å²) in [6.45, 7) is 0.231. The Labute approximate surface area is 144 Å². The minimum atomic E-state index is -0.726. The zero-order valence-corrected chi connectivity index (χ0v) is 13.9. The molecular formula is C17H17ClFN3O2. The maximum Gasteiger partial charge on any atom is 0.256 e. The van der Waals surface area contributed by atoms with Crippen molar-refractivity contribution >= 4 is 23.4 Å². The number of rotatable bonds is 6. The second kappa shape index (κ2) is 8.40. The van der Waals surface area contributed by atoms with Gasteiger partial charge in [-0.25, -0.2) is 4.39 Å². The number of likely N-dealkylation sites (N-methyl/N-ethyl adjacent to an activating group) is 1. The molecule has 0 unspecified atom stereocenters. The van der Waals surface area contributed by atoms with Crippen molar-refractivity contribution in [2.75, 3.05) is 20.1 Å². The van der Waals surface area contributed by atoms with Crippen molar-refractivity contribution in [2.24, 2.45) is 0 Å². The summed E-state index contributed by atoms with van der Waals surface area (Å²) < 4.78 is 13.6. The lowest BCUT2D eigenvalue weighted by atomic mass is 10.2. The van der Waals surface area contributed by atoms with Crippen molar-refractivity contribution in [3.05, 3.63) is 64.7 Å². The van der Waals surface area contributed by atoms with Crippen LogP contribution in [-0.4, -0.2) is 41.8 Å². The first-order valence-corrected chi connectivity index (χ1v) is 7.73. The van der Waals surface area contributed by atoms with Gasteiger partial charge in [-0.05, 0) is 24.3 Å². The van der Waals surface area contributed by atoms with Crippen LogP contribution < -0.4 is 5.32 Å². The van der Waals surface area contributed by atoms with Gasteiger partial charge in [0.2, 0.25) is 5.91 Å². The summed E-state index contributed by atoms with van der Waals surface area (Å²) >= 11 is 5.82. The maximum absolute atomic E-state index is 13.6. The van der Waals surface area contributed by atoms with Gasteiger partial charge in [0.1, 0.15) is 5.82 Å². The zero-order chi connectivity index (χ0) is 17.5. The molecule has 0 aliphatic rings. The topological polar surface area (TPSA) is 62.3 Å². The molecule has 24 heavy (non-hydrogen) atoms. The molecule has 0 radical (unpaired) electrons. The Balaban J connectivity index is 1.85. The number of hydrogen-bond acceptors (Lipinski definition) is 3. The van der Waals surface area contributed by atoms with Crippen LogP contribution in [0.4, 0.5) is 4.39 Å². The highest BCUT2D eigenvalue weighted by atomic mass is 35.5. The van der Waals surface area contributed by atoms with Crippen molar-refractivity contribution in [3.8, 4) is 0 Å². The fourth-order valence-electron chi connectivity index (χ4n) is 2.05. The van der Waals surface area contributed by atoms with Gasteiger partial charge in [0.25, 0.3) is 5.91 Å². The minimum Gasteiger partial charge on any atom is -0.344 e. The quantitative estimate of drug-likeness (QED) is 0.870. The highest BCUT2D eigenvalue weighted by Gasteiger charge is 2.17. The largest absolute Gasteiger partial charge is 0.344 e. The fourth-order valence-corrected chi connectivity index (χ4v) is 2.30. The molecule has 2 amide bonds. The van der Waals surface area contributed by atoms with Gasteiger partial charge in [-0.1, -0.05) is 23.7 Å². The van der Waals surface area contributed by atoms with E-state index >= 15 is 0 Å². The Morgan fingerprint density at radius 2 is 2.04 bits per heavy atom. The van der Waals surface area contributed by atoms with E-state index in [1.165, 1.54) is 17.0 Å². The molecule has 0 saturated heterocycles. The SMILES string of the molecule is CN(CCc1ccccn1)C(=O)CNC(=O)c1c(F)cccc1Cl. The van der Waals surface area contributed by atoms with E-state index in [0.717, 1.165) is 11.8 Å². The average molecular weight is 350 g/mol. The molecule has 0 fully saturated rings. The van der Waals surface area contributed by atoms with Crippen molar-refractivity contribution in [1.82, 2.24) is 15.2 Å². The predicted molar refractivity (Wildman–Crippen MR) is 89.3 cm³/mol. The van der Waals surface area contributed by atoms with Gasteiger partial charge in [0.15, 0.2) is 0 Å². The van der Waals surface area contributed by atoms with E-state index < -0.39 is 11.7 Å². The molecule has 0 spiro atoms. The number of carbonyl (C=O) groups is 2. The molecule has 1 aromatic heterocycles. The van der Waals surface area contributed by atoms with Crippen molar-refractivity contribution < 1.29 is 14.0 Å². The molecule has 7 heteroatoms. The first-order chi connectivity index (χ1) is 11.5. The van der Waals surface area contributed by atoms with E-state index in [-0.39, 0.29) is 23.0 Å². The molecule has 5 nitrogen and oxygen atoms in total. The normalized spacial score (nSPS) is 10.3. The first kappa shape index (κ1) is 17.9. The molecule has 1 aromatic carbocycles. The number of hydrogen-bond donors (Lipinski definition) is 1. The third-order valence-electron chi connectivity index (χ3n) is 3.45. The monoisotopic (exact) mass is 349 g/mol. The molecule has 0 saturated carbocycles. The van der Waals surface area contributed by atoms with Crippen LogP contribution >= 0.6 is 11.6 Å². The molecule has 0 atom stereocenters. The highest BCUT2D eigenvalue weighted by molar-refractivity contribution is 6.33. The minimum absolute atomic E-state index is 0.00320. The molecule has 0 aliphatic heterocycles. The van der Waals surface area contributed by atoms with Crippen LogP contribution in [0.25, 0.3) is 0 Å². The van der Waals surface area contributed by atoms with E-state index in [2.05, 4.69) is 10.3 Å². The second-order valence-electron chi connectivity index (χ2n) is 5.17. The van der Waals surface area contributed by atoms with Crippen LogP contribution in [0.2, 0.25) is 5.02 Å². The molecule has 2 aromatic rings. The smallest absolute Gasteiger partial charge is 0.256 e. The van der Waals surface area contributed by atoms with E-state index in [1.54, 1.807) is 13.2 Å². The summed E-state index contributed by atoms with van der Waals surface area (Å²) in [6.07, 6.45) is 2.30. The third-order valence-corrected chi connectivity index (χ3v) is 3.76. The highest BCUT2D eigenvalue weighted by Crippen LogP contribution is 2.18. The Kier molecular flexibility index (Phi) is 6.26. The second-order valence-corrected chi connectivity index (χ2v) is 5.57. The summed E-state index contributed by atoms with van der Waals surface area (Å²) in [5.74, 6) is -1.73. The number of amides is 2. The summed E-state index contributed by atoms with van der Waals surface area (Å²) in [7, 11) is 1.63. The van der Waals surface area contributed by atoms with E-state index in [1.807, 2.05) is 18.2 Å². The number of carbonyl (C=O) groups excluding carboxylic acids is 2. The number of halogens is 2. The third kappa shape index (κ3) is 4.76. The summed E-state index contributed by atoms with van der Waals surface area (Å²) in [4.78, 5) is 29.7. The number of nitrogens with one attached hydrogen (secondary N) is 1. The number of pyridine rings is 1. The van der Waals surface area contributed by atoms with E-state index in [0.29, 0.717) is 13.0 Å². The molecule has 0 aliphatic carbocycles. The van der Waals surface area contributed by atoms with Crippen molar-refractivity contribution in [3.63, 3.8) is 0 Å². The number of benzene rings is 1. The van der Waals surface area contributed by atoms with Crippen molar-refractivity contribution in [1.29, 1.82) is 0 Å². The lowest BCUT2D eigenvalue weighted by Crippen LogP contribution is -2.39. The van der Waals surface area contributed by atoms with Crippen molar-refractivity contribution in [2.45, 2.75) is 6.42 Å². The maximum atomic E-state index is 13.6. The Bertz CT molecular complexity index is 705. The lowest BCUT2D eigenvalue weighted by Gasteiger charge is -2.17. The molecule has 1 heterocycles. The Morgan fingerprint density at radius 3 is 2.71 bits per heavy atom. The number of nitrogens with zero attached hydrogens (tertiary/aromatic N) is 2.